The van der Waals surface area contributed by atoms with Crippen LogP contribution in [-0.2, 0) is 16.3 Å². The van der Waals surface area contributed by atoms with E-state index in [2.05, 4.69) is 6.92 Å². The minimum Gasteiger partial charge on any atom is -0.280 e. The fraction of sp³-hybridized carbons (Fsp3) is 0.318. The van der Waals surface area contributed by atoms with Crippen LogP contribution in [0.2, 0.25) is 0 Å². The van der Waals surface area contributed by atoms with Gasteiger partial charge in [0.2, 0.25) is 0 Å². The number of rotatable bonds is 4. The molecule has 1 aromatic heterocycles. The highest BCUT2D eigenvalue weighted by Gasteiger charge is 2.21. The predicted octanol–water partition coefficient (Wildman–Crippen LogP) is 4.61. The van der Waals surface area contributed by atoms with Gasteiger partial charge in [0.15, 0.2) is 9.84 Å². The lowest BCUT2D eigenvalue weighted by molar-refractivity contribution is 0.0961. The number of aryl methyl sites for hydroxylation is 4. The third kappa shape index (κ3) is 3.56. The van der Waals surface area contributed by atoms with Crippen LogP contribution < -0.4 is 0 Å². The van der Waals surface area contributed by atoms with Gasteiger partial charge in [0.05, 0.1) is 10.4 Å². The van der Waals surface area contributed by atoms with E-state index in [1.165, 1.54) is 6.26 Å². The molecular formula is C22H25NO3S. The predicted molar refractivity (Wildman–Crippen MR) is 109 cm³/mol. The summed E-state index contributed by atoms with van der Waals surface area (Å²) in [6, 6.07) is 10.9. The fourth-order valence-electron chi connectivity index (χ4n) is 3.79. The van der Waals surface area contributed by atoms with Crippen molar-refractivity contribution in [2.24, 2.45) is 0 Å². The van der Waals surface area contributed by atoms with Crippen molar-refractivity contribution in [3.8, 4) is 0 Å². The number of hydrogen-bond acceptors (Lipinski definition) is 3. The zero-order valence-corrected chi connectivity index (χ0v) is 17.3. The molecule has 3 rings (SSSR count). The zero-order valence-electron chi connectivity index (χ0n) is 16.5. The molecule has 0 saturated carbocycles. The van der Waals surface area contributed by atoms with Crippen LogP contribution >= 0.6 is 0 Å². The Bertz CT molecular complexity index is 1130. The lowest BCUT2D eigenvalue weighted by Gasteiger charge is -2.14. The second kappa shape index (κ2) is 6.97. The number of nitrogens with zero attached hydrogens (tertiary/aromatic N) is 1. The highest BCUT2D eigenvalue weighted by atomic mass is 32.2. The molecule has 0 unspecified atom stereocenters. The molecule has 0 aliphatic carbocycles. The third-order valence-corrected chi connectivity index (χ3v) is 5.99. The second-order valence-electron chi connectivity index (χ2n) is 7.29. The van der Waals surface area contributed by atoms with Gasteiger partial charge in [0.25, 0.3) is 5.91 Å². The Morgan fingerprint density at radius 1 is 1.00 bits per heavy atom. The molecule has 3 aromatic rings. The molecule has 5 heteroatoms. The highest BCUT2D eigenvalue weighted by molar-refractivity contribution is 7.90. The van der Waals surface area contributed by atoms with Gasteiger partial charge < -0.3 is 0 Å². The van der Waals surface area contributed by atoms with Crippen LogP contribution in [0.3, 0.4) is 0 Å². The maximum Gasteiger partial charge on any atom is 0.263 e. The first-order valence-electron chi connectivity index (χ1n) is 9.10. The number of aromatic nitrogens is 1. The van der Waals surface area contributed by atoms with Crippen molar-refractivity contribution in [3.05, 3.63) is 64.3 Å². The fourth-order valence-corrected chi connectivity index (χ4v) is 4.45. The van der Waals surface area contributed by atoms with Crippen LogP contribution in [0.4, 0.5) is 0 Å². The van der Waals surface area contributed by atoms with E-state index < -0.39 is 9.84 Å². The first-order valence-corrected chi connectivity index (χ1v) is 11.0. The molecule has 142 valence electrons. The molecule has 2 aromatic carbocycles. The Kier molecular flexibility index (Phi) is 5.00. The molecule has 0 N–H and O–H groups in total. The number of hydrogen-bond donors (Lipinski definition) is 0. The van der Waals surface area contributed by atoms with E-state index in [1.54, 1.807) is 22.8 Å². The largest absolute Gasteiger partial charge is 0.280 e. The van der Waals surface area contributed by atoms with Crippen molar-refractivity contribution in [2.45, 2.75) is 45.4 Å². The molecule has 0 amide bonds. The minimum atomic E-state index is -3.29. The Labute approximate surface area is 160 Å². The van der Waals surface area contributed by atoms with E-state index in [0.717, 1.165) is 46.1 Å². The number of benzene rings is 2. The lowest BCUT2D eigenvalue weighted by Crippen LogP contribution is -2.17. The Hall–Kier alpha value is -2.40. The first kappa shape index (κ1) is 19.4. The summed E-state index contributed by atoms with van der Waals surface area (Å²) in [6.07, 6.45) is 2.84. The van der Waals surface area contributed by atoms with Crippen molar-refractivity contribution < 1.29 is 13.2 Å². The van der Waals surface area contributed by atoms with Crippen molar-refractivity contribution in [3.63, 3.8) is 0 Å². The Morgan fingerprint density at radius 2 is 1.63 bits per heavy atom. The topological polar surface area (TPSA) is 56.1 Å². The maximum absolute atomic E-state index is 13.5. The van der Waals surface area contributed by atoms with Gasteiger partial charge in [-0.3, -0.25) is 9.36 Å². The Morgan fingerprint density at radius 3 is 2.19 bits per heavy atom. The molecule has 27 heavy (non-hydrogen) atoms. The van der Waals surface area contributed by atoms with Gasteiger partial charge in [-0.05, 0) is 62.6 Å². The van der Waals surface area contributed by atoms with Crippen molar-refractivity contribution in [1.82, 2.24) is 4.57 Å². The monoisotopic (exact) mass is 383 g/mol. The van der Waals surface area contributed by atoms with Crippen LogP contribution in [0.25, 0.3) is 10.9 Å². The van der Waals surface area contributed by atoms with Crippen LogP contribution in [0.15, 0.2) is 41.3 Å². The molecule has 0 saturated heterocycles. The standard InChI is InChI=1S/C22H25NO3S/c1-6-7-18-12-17-13-19(27(5,25)26)8-9-20(17)23(18)22(24)21-15(3)10-14(2)11-16(21)4/h8-13H,6-7H2,1-5H3. The lowest BCUT2D eigenvalue weighted by atomic mass is 9.99. The number of carbonyl (C=O) groups excluding carboxylic acids is 1. The summed E-state index contributed by atoms with van der Waals surface area (Å²) >= 11 is 0. The van der Waals surface area contributed by atoms with Gasteiger partial charge in [0.1, 0.15) is 0 Å². The molecule has 0 aliphatic rings. The van der Waals surface area contributed by atoms with E-state index in [9.17, 15) is 13.2 Å². The average molecular weight is 384 g/mol. The van der Waals surface area contributed by atoms with Crippen LogP contribution in [-0.4, -0.2) is 25.1 Å². The van der Waals surface area contributed by atoms with E-state index in [-0.39, 0.29) is 10.8 Å². The molecular weight excluding hydrogens is 358 g/mol. The molecule has 4 nitrogen and oxygen atoms in total. The Balaban J connectivity index is 2.26. The number of carbonyl (C=O) groups is 1. The van der Waals surface area contributed by atoms with E-state index in [0.29, 0.717) is 5.56 Å². The first-order chi connectivity index (χ1) is 12.6. The van der Waals surface area contributed by atoms with E-state index in [1.807, 2.05) is 39.0 Å². The maximum atomic E-state index is 13.5. The summed E-state index contributed by atoms with van der Waals surface area (Å²) in [6.45, 7) is 8.01. The second-order valence-corrected chi connectivity index (χ2v) is 9.31. The van der Waals surface area contributed by atoms with E-state index >= 15 is 0 Å². The molecule has 1 heterocycles. The molecule has 0 atom stereocenters. The van der Waals surface area contributed by atoms with Crippen molar-refractivity contribution >= 4 is 26.6 Å². The molecule has 0 radical (unpaired) electrons. The summed E-state index contributed by atoms with van der Waals surface area (Å²) < 4.78 is 25.5. The van der Waals surface area contributed by atoms with Crippen LogP contribution in [0.5, 0.6) is 0 Å². The quantitative estimate of drug-likeness (QED) is 0.661. The van der Waals surface area contributed by atoms with Gasteiger partial charge in [-0.15, -0.1) is 0 Å². The zero-order chi connectivity index (χ0) is 19.9. The van der Waals surface area contributed by atoms with Gasteiger partial charge in [-0.1, -0.05) is 31.0 Å². The average Bonchev–Trinajstić information content (AvgIpc) is 2.90. The normalized spacial score (nSPS) is 11.9. The smallest absolute Gasteiger partial charge is 0.263 e. The van der Waals surface area contributed by atoms with E-state index in [4.69, 9.17) is 0 Å². The minimum absolute atomic E-state index is 0.0597. The SMILES string of the molecule is CCCc1cc2cc(S(C)(=O)=O)ccc2n1C(=O)c1c(C)cc(C)cc1C. The van der Waals surface area contributed by atoms with Gasteiger partial charge in [-0.2, -0.15) is 0 Å². The summed E-state index contributed by atoms with van der Waals surface area (Å²) in [5.74, 6) is -0.0597. The summed E-state index contributed by atoms with van der Waals surface area (Å²) in [5, 5.41) is 0.775. The van der Waals surface area contributed by atoms with Crippen molar-refractivity contribution in [1.29, 1.82) is 0 Å². The van der Waals surface area contributed by atoms with Gasteiger partial charge in [-0.25, -0.2) is 8.42 Å². The summed E-state index contributed by atoms with van der Waals surface area (Å²) in [5.41, 5.74) is 5.40. The van der Waals surface area contributed by atoms with Crippen LogP contribution in [0.1, 0.15) is 46.1 Å². The number of fused-ring (bicyclic) bond motifs is 1. The molecule has 0 aliphatic heterocycles. The molecule has 0 fully saturated rings. The third-order valence-electron chi connectivity index (χ3n) is 4.88. The summed E-state index contributed by atoms with van der Waals surface area (Å²) in [4.78, 5) is 13.8. The van der Waals surface area contributed by atoms with Crippen LogP contribution in [0, 0.1) is 20.8 Å². The molecule has 0 bridgehead atoms. The highest BCUT2D eigenvalue weighted by Crippen LogP contribution is 2.27. The number of sulfone groups is 1. The summed E-state index contributed by atoms with van der Waals surface area (Å²) in [7, 11) is -3.29. The van der Waals surface area contributed by atoms with Gasteiger partial charge in [0, 0.05) is 22.9 Å². The van der Waals surface area contributed by atoms with Crippen molar-refractivity contribution in [2.75, 3.05) is 6.26 Å². The molecule has 0 spiro atoms. The van der Waals surface area contributed by atoms with Gasteiger partial charge >= 0.3 is 0 Å².